The van der Waals surface area contributed by atoms with Crippen LogP contribution in [-0.2, 0) is 4.74 Å². The number of nitrogens with zero attached hydrogens (tertiary/aromatic N) is 2. The monoisotopic (exact) mass is 373 g/mol. The van der Waals surface area contributed by atoms with E-state index in [1.54, 1.807) is 13.2 Å². The maximum atomic E-state index is 9.87. The molecule has 2 rings (SSSR count). The van der Waals surface area contributed by atoms with E-state index in [9.17, 15) is 25.2 Å². The van der Waals surface area contributed by atoms with Crippen molar-refractivity contribution in [2.75, 3.05) is 12.4 Å². The Morgan fingerprint density at radius 1 is 1.08 bits per heavy atom. The van der Waals surface area contributed by atoms with Gasteiger partial charge in [0.15, 0.2) is 6.10 Å². The Morgan fingerprint density at radius 3 is 2.08 bits per heavy atom. The summed E-state index contributed by atoms with van der Waals surface area (Å²) in [5, 5.41) is 3.25. The van der Waals surface area contributed by atoms with Gasteiger partial charge in [-0.1, -0.05) is 18.2 Å². The van der Waals surface area contributed by atoms with Crippen LogP contribution in [0.3, 0.4) is 0 Å². The summed E-state index contributed by atoms with van der Waals surface area (Å²) in [6, 6.07) is 9.84. The number of hydrogen-bond acceptors (Lipinski definition) is 2. The number of ether oxygens (including phenoxy) is 1. The van der Waals surface area contributed by atoms with E-state index in [1.807, 2.05) is 42.5 Å². The zero-order valence-electron chi connectivity index (χ0n) is 13.2. The van der Waals surface area contributed by atoms with Crippen molar-refractivity contribution in [2.24, 2.45) is 0 Å². The second kappa shape index (κ2) is 6.39. The number of benzene rings is 1. The van der Waals surface area contributed by atoms with Crippen LogP contribution in [-0.4, -0.2) is 23.7 Å². The Kier molecular flexibility index (Phi) is 5.30. The number of methoxy groups -OCH3 is 1. The molecule has 0 radical (unpaired) electrons. The van der Waals surface area contributed by atoms with E-state index in [0.29, 0.717) is 5.71 Å². The maximum absolute atomic E-state index is 10.7. The normalized spacial score (nSPS) is 19.9. The summed E-state index contributed by atoms with van der Waals surface area (Å²) in [5.74, 6) is 0. The van der Waals surface area contributed by atoms with E-state index in [2.05, 4.69) is 10.1 Å². The predicted molar refractivity (Wildman–Crippen MR) is 81.4 cm³/mol. The minimum atomic E-state index is -10.7. The Hall–Kier alpha value is -2.15. The molecular weight excluding hydrogens is 359 g/mol. The van der Waals surface area contributed by atoms with E-state index in [4.69, 9.17) is 10.3 Å². The van der Waals surface area contributed by atoms with Crippen LogP contribution < -0.4 is 5.32 Å². The summed E-state index contributed by atoms with van der Waals surface area (Å²) in [6.07, 6.45) is 5.11. The van der Waals surface area contributed by atoms with Crippen molar-refractivity contribution in [1.82, 2.24) is 0 Å². The molecule has 0 saturated heterocycles. The molecule has 0 amide bonds. The van der Waals surface area contributed by atoms with Gasteiger partial charge in [0, 0.05) is 24.6 Å². The molecule has 0 aliphatic heterocycles. The first-order valence-corrected chi connectivity index (χ1v) is 8.34. The molecule has 1 aliphatic carbocycles. The van der Waals surface area contributed by atoms with Gasteiger partial charge in [-0.3, -0.25) is 0 Å². The Labute approximate surface area is 134 Å². The van der Waals surface area contributed by atoms with Crippen LogP contribution in [0.1, 0.15) is 1.43 Å². The first kappa shape index (κ1) is 19.9. The minimum Gasteiger partial charge on any atom is 1.00 e. The van der Waals surface area contributed by atoms with Gasteiger partial charge in [0.1, 0.15) is 0 Å². The van der Waals surface area contributed by atoms with Crippen LogP contribution in [0.4, 0.5) is 30.9 Å². The molecule has 0 heterocycles. The SMILES string of the molecule is COC1C=C(Nc2ccccc2)C=CC1=[N+]=[N-].F[P-](F)(F)(F)(F)F.[H+]. The van der Waals surface area contributed by atoms with Crippen molar-refractivity contribution in [2.45, 2.75) is 6.10 Å². The summed E-state index contributed by atoms with van der Waals surface area (Å²) in [4.78, 5) is 3.17. The summed E-state index contributed by atoms with van der Waals surface area (Å²) in [7, 11) is -9.08. The Balaban J connectivity index is 0.000000620. The van der Waals surface area contributed by atoms with Gasteiger partial charge in [0.05, 0.1) is 0 Å². The third-order valence-electron chi connectivity index (χ3n) is 2.49. The molecule has 0 fully saturated rings. The molecular formula is C13H14F6N3OP. The molecule has 0 saturated carbocycles. The second-order valence-electron chi connectivity index (χ2n) is 4.59. The Bertz CT molecular complexity index is 688. The number of nitrogens with one attached hydrogen (secondary N) is 1. The van der Waals surface area contributed by atoms with Crippen molar-refractivity contribution >= 4 is 19.2 Å². The average molecular weight is 373 g/mol. The number of anilines is 1. The van der Waals surface area contributed by atoms with Crippen molar-refractivity contribution in [3.05, 3.63) is 59.8 Å². The number of para-hydroxylation sites is 1. The van der Waals surface area contributed by atoms with Crippen molar-refractivity contribution in [3.8, 4) is 0 Å². The van der Waals surface area contributed by atoms with Gasteiger partial charge in [-0.25, -0.2) is 0 Å². The van der Waals surface area contributed by atoms with Crippen LogP contribution in [0.2, 0.25) is 0 Å². The molecule has 1 aromatic carbocycles. The molecule has 11 heteroatoms. The smallest absolute Gasteiger partial charge is 1.00 e. The van der Waals surface area contributed by atoms with Crippen LogP contribution in [0.25, 0.3) is 5.53 Å². The fourth-order valence-corrected chi connectivity index (χ4v) is 1.62. The quantitative estimate of drug-likeness (QED) is 0.318. The molecule has 1 N–H and O–H groups in total. The molecule has 24 heavy (non-hydrogen) atoms. The molecule has 1 atom stereocenters. The van der Waals surface area contributed by atoms with E-state index in [0.717, 1.165) is 11.4 Å². The van der Waals surface area contributed by atoms with Crippen molar-refractivity contribution in [1.29, 1.82) is 0 Å². The van der Waals surface area contributed by atoms with Gasteiger partial charge in [-0.05, 0) is 24.3 Å². The van der Waals surface area contributed by atoms with Crippen LogP contribution in [0, 0.1) is 0 Å². The molecule has 1 aromatic rings. The van der Waals surface area contributed by atoms with Gasteiger partial charge < -0.3 is 15.6 Å². The number of rotatable bonds is 3. The maximum Gasteiger partial charge on any atom is 1.00 e. The number of halogens is 6. The van der Waals surface area contributed by atoms with E-state index >= 15 is 0 Å². The van der Waals surface area contributed by atoms with Crippen LogP contribution in [0.5, 0.6) is 0 Å². The third kappa shape index (κ3) is 9.78. The summed E-state index contributed by atoms with van der Waals surface area (Å²) >= 11 is 0. The molecule has 1 unspecified atom stereocenters. The molecule has 134 valence electrons. The van der Waals surface area contributed by atoms with E-state index in [1.165, 1.54) is 0 Å². The summed E-state index contributed by atoms with van der Waals surface area (Å²) in [5.41, 5.74) is 11.2. The van der Waals surface area contributed by atoms with Gasteiger partial charge in [0.2, 0.25) is 0 Å². The number of allylic oxidation sites excluding steroid dienone is 1. The van der Waals surface area contributed by atoms with Crippen molar-refractivity contribution in [3.63, 3.8) is 0 Å². The second-order valence-corrected chi connectivity index (χ2v) is 6.50. The average Bonchev–Trinajstić information content (AvgIpc) is 2.45. The molecule has 0 spiro atoms. The first-order valence-electron chi connectivity index (χ1n) is 6.31. The van der Waals surface area contributed by atoms with Gasteiger partial charge >= 0.3 is 40.1 Å². The first-order chi connectivity index (χ1) is 10.8. The van der Waals surface area contributed by atoms with E-state index < -0.39 is 7.81 Å². The van der Waals surface area contributed by atoms with Gasteiger partial charge in [-0.15, -0.1) is 0 Å². The van der Waals surface area contributed by atoms with Crippen molar-refractivity contribution < 1.29 is 36.1 Å². The fraction of sp³-hybridized carbons (Fsp3) is 0.154. The van der Waals surface area contributed by atoms with Gasteiger partial charge in [0.25, 0.3) is 0 Å². The fourth-order valence-electron chi connectivity index (χ4n) is 1.62. The molecule has 1 aliphatic rings. The molecule has 0 aromatic heterocycles. The summed E-state index contributed by atoms with van der Waals surface area (Å²) < 4.78 is 64.4. The van der Waals surface area contributed by atoms with Crippen LogP contribution >= 0.6 is 7.81 Å². The zero-order chi connectivity index (χ0) is 18.5. The summed E-state index contributed by atoms with van der Waals surface area (Å²) in [6.45, 7) is 0. The molecule has 4 nitrogen and oxygen atoms in total. The molecule has 0 bridgehead atoms. The van der Waals surface area contributed by atoms with Gasteiger partial charge in [-0.2, -0.15) is 4.79 Å². The topological polar surface area (TPSA) is 57.7 Å². The zero-order valence-corrected chi connectivity index (χ0v) is 13.1. The minimum absolute atomic E-state index is 0. The van der Waals surface area contributed by atoms with Crippen LogP contribution in [0.15, 0.2) is 54.3 Å². The Morgan fingerprint density at radius 2 is 1.62 bits per heavy atom. The number of hydrogen-bond donors (Lipinski definition) is 1. The predicted octanol–water partition coefficient (Wildman–Crippen LogP) is 5.73. The van der Waals surface area contributed by atoms with E-state index in [-0.39, 0.29) is 7.53 Å². The standard InChI is InChI=1S/C13H13N3O.F6P/c1-17-13-9-11(7-8-12(13)16-14)15-10-5-3-2-4-6-10;1-7(2,3,4,5)6/h2-9,13,15H,1H3;/q;-1/p+1. The largest absolute Gasteiger partial charge is 1.00 e. The third-order valence-corrected chi connectivity index (χ3v) is 2.49.